The molecule has 1 amide bonds. The quantitative estimate of drug-likeness (QED) is 0.907. The third-order valence-corrected chi connectivity index (χ3v) is 5.02. The molecule has 2 aromatic rings. The Morgan fingerprint density at radius 3 is 2.55 bits per heavy atom. The summed E-state index contributed by atoms with van der Waals surface area (Å²) in [5.74, 6) is -0.952. The maximum atomic E-state index is 12.3. The average molecular weight is 315 g/mol. The van der Waals surface area contributed by atoms with Gasteiger partial charge in [-0.3, -0.25) is 9.59 Å². The highest BCUT2D eigenvalue weighted by molar-refractivity contribution is 7.14. The van der Waals surface area contributed by atoms with Crippen LogP contribution in [-0.2, 0) is 24.1 Å². The molecule has 1 aromatic heterocycles. The van der Waals surface area contributed by atoms with Crippen LogP contribution in [0.3, 0.4) is 0 Å². The number of nitrogens with one attached hydrogen (secondary N) is 1. The van der Waals surface area contributed by atoms with Crippen LogP contribution >= 0.6 is 11.3 Å². The van der Waals surface area contributed by atoms with Crippen molar-refractivity contribution in [3.05, 3.63) is 51.2 Å². The fourth-order valence-electron chi connectivity index (χ4n) is 2.68. The van der Waals surface area contributed by atoms with E-state index in [2.05, 4.69) is 5.32 Å². The van der Waals surface area contributed by atoms with Crippen LogP contribution < -0.4 is 5.32 Å². The topological polar surface area (TPSA) is 66.4 Å². The Hall–Kier alpha value is -2.14. The SMILES string of the molecule is O=C(O)Cc1ccc(NC(=O)c2cc3c(s2)CCCC3)cc1. The Kier molecular flexibility index (Phi) is 4.24. The molecule has 4 nitrogen and oxygen atoms in total. The maximum absolute atomic E-state index is 12.3. The summed E-state index contributed by atoms with van der Waals surface area (Å²) in [6.07, 6.45) is 4.56. The number of aryl methyl sites for hydroxylation is 2. The summed E-state index contributed by atoms with van der Waals surface area (Å²) in [6, 6.07) is 8.94. The fourth-order valence-corrected chi connectivity index (χ4v) is 3.82. The van der Waals surface area contributed by atoms with Crippen molar-refractivity contribution in [2.45, 2.75) is 32.1 Å². The summed E-state index contributed by atoms with van der Waals surface area (Å²) in [4.78, 5) is 25.0. The van der Waals surface area contributed by atoms with E-state index >= 15 is 0 Å². The molecule has 1 heterocycles. The standard InChI is InChI=1S/C17H17NO3S/c19-16(20)9-11-5-7-13(8-6-11)18-17(21)15-10-12-3-1-2-4-14(12)22-15/h5-8,10H,1-4,9H2,(H,18,21)(H,19,20). The number of aliphatic carboxylic acids is 1. The molecule has 1 aliphatic carbocycles. The first-order valence-electron chi connectivity index (χ1n) is 7.35. The van der Waals surface area contributed by atoms with E-state index in [1.54, 1.807) is 35.6 Å². The molecule has 0 atom stereocenters. The highest BCUT2D eigenvalue weighted by Crippen LogP contribution is 2.30. The van der Waals surface area contributed by atoms with E-state index in [0.717, 1.165) is 23.3 Å². The van der Waals surface area contributed by atoms with Crippen molar-refractivity contribution in [2.75, 3.05) is 5.32 Å². The molecular formula is C17H17NO3S. The number of carboxylic acid groups (broad SMARTS) is 1. The molecule has 0 unspecified atom stereocenters. The summed E-state index contributed by atoms with van der Waals surface area (Å²) >= 11 is 1.58. The minimum Gasteiger partial charge on any atom is -0.481 e. The van der Waals surface area contributed by atoms with Gasteiger partial charge in [-0.05, 0) is 55.0 Å². The number of anilines is 1. The second-order valence-electron chi connectivity index (χ2n) is 5.49. The van der Waals surface area contributed by atoms with Crippen molar-refractivity contribution in [1.82, 2.24) is 0 Å². The molecule has 0 spiro atoms. The van der Waals surface area contributed by atoms with E-state index in [0.29, 0.717) is 5.69 Å². The minimum absolute atomic E-state index is 0.00806. The Labute approximate surface area is 132 Å². The first-order valence-corrected chi connectivity index (χ1v) is 8.17. The molecule has 5 heteroatoms. The van der Waals surface area contributed by atoms with E-state index in [1.807, 2.05) is 6.07 Å². The predicted octanol–water partition coefficient (Wildman–Crippen LogP) is 3.51. The molecule has 114 valence electrons. The zero-order chi connectivity index (χ0) is 15.5. The molecule has 0 fully saturated rings. The lowest BCUT2D eigenvalue weighted by atomic mass is 9.99. The average Bonchev–Trinajstić information content (AvgIpc) is 2.93. The summed E-state index contributed by atoms with van der Waals surface area (Å²) in [6.45, 7) is 0. The van der Waals surface area contributed by atoms with Crippen molar-refractivity contribution in [3.8, 4) is 0 Å². The van der Waals surface area contributed by atoms with E-state index in [1.165, 1.54) is 23.3 Å². The Bertz CT molecular complexity index is 680. The smallest absolute Gasteiger partial charge is 0.307 e. The number of benzene rings is 1. The van der Waals surface area contributed by atoms with Crippen LogP contribution in [0.5, 0.6) is 0 Å². The normalized spacial score (nSPS) is 13.5. The molecule has 0 saturated carbocycles. The molecule has 0 bridgehead atoms. The lowest BCUT2D eigenvalue weighted by molar-refractivity contribution is -0.136. The highest BCUT2D eigenvalue weighted by Gasteiger charge is 2.17. The molecule has 22 heavy (non-hydrogen) atoms. The van der Waals surface area contributed by atoms with Crippen LogP contribution in [0.2, 0.25) is 0 Å². The van der Waals surface area contributed by atoms with E-state index in [-0.39, 0.29) is 12.3 Å². The van der Waals surface area contributed by atoms with Gasteiger partial charge in [-0.15, -0.1) is 11.3 Å². The minimum atomic E-state index is -0.860. The molecule has 0 radical (unpaired) electrons. The van der Waals surface area contributed by atoms with E-state index in [9.17, 15) is 9.59 Å². The summed E-state index contributed by atoms with van der Waals surface area (Å²) in [5.41, 5.74) is 2.72. The van der Waals surface area contributed by atoms with Gasteiger partial charge in [-0.25, -0.2) is 0 Å². The van der Waals surface area contributed by atoms with Crippen LogP contribution in [0.15, 0.2) is 30.3 Å². The lowest BCUT2D eigenvalue weighted by Crippen LogP contribution is -2.10. The van der Waals surface area contributed by atoms with Gasteiger partial charge in [0.05, 0.1) is 11.3 Å². The summed E-state index contributed by atoms with van der Waals surface area (Å²) in [7, 11) is 0. The highest BCUT2D eigenvalue weighted by atomic mass is 32.1. The number of carbonyl (C=O) groups excluding carboxylic acids is 1. The lowest BCUT2D eigenvalue weighted by Gasteiger charge is -2.08. The zero-order valence-electron chi connectivity index (χ0n) is 12.1. The Morgan fingerprint density at radius 2 is 1.86 bits per heavy atom. The number of hydrogen-bond acceptors (Lipinski definition) is 3. The fraction of sp³-hybridized carbons (Fsp3) is 0.294. The largest absolute Gasteiger partial charge is 0.481 e. The van der Waals surface area contributed by atoms with Crippen LogP contribution in [0.1, 0.15) is 38.5 Å². The molecule has 3 rings (SSSR count). The molecule has 0 aliphatic heterocycles. The zero-order valence-corrected chi connectivity index (χ0v) is 12.9. The molecular weight excluding hydrogens is 298 g/mol. The first-order chi connectivity index (χ1) is 10.6. The van der Waals surface area contributed by atoms with Gasteiger partial charge < -0.3 is 10.4 Å². The van der Waals surface area contributed by atoms with Gasteiger partial charge in [-0.1, -0.05) is 12.1 Å². The molecule has 1 aliphatic rings. The maximum Gasteiger partial charge on any atom is 0.307 e. The van der Waals surface area contributed by atoms with E-state index < -0.39 is 5.97 Å². The first kappa shape index (κ1) is 14.8. The van der Waals surface area contributed by atoms with Crippen molar-refractivity contribution in [2.24, 2.45) is 0 Å². The summed E-state index contributed by atoms with van der Waals surface area (Å²) in [5, 5.41) is 11.6. The molecule has 2 N–H and O–H groups in total. The van der Waals surface area contributed by atoms with Crippen LogP contribution in [0, 0.1) is 0 Å². The third kappa shape index (κ3) is 3.36. The molecule has 0 saturated heterocycles. The van der Waals surface area contributed by atoms with Gasteiger partial charge in [0, 0.05) is 10.6 Å². The van der Waals surface area contributed by atoms with Gasteiger partial charge >= 0.3 is 5.97 Å². The second-order valence-corrected chi connectivity index (χ2v) is 6.62. The van der Waals surface area contributed by atoms with Gasteiger partial charge in [0.15, 0.2) is 0 Å². The van der Waals surface area contributed by atoms with Gasteiger partial charge in [0.1, 0.15) is 0 Å². The number of carbonyl (C=O) groups is 2. The van der Waals surface area contributed by atoms with Crippen LogP contribution in [-0.4, -0.2) is 17.0 Å². The van der Waals surface area contributed by atoms with E-state index in [4.69, 9.17) is 5.11 Å². The second kappa shape index (κ2) is 6.32. The van der Waals surface area contributed by atoms with Crippen LogP contribution in [0.4, 0.5) is 5.69 Å². The monoisotopic (exact) mass is 315 g/mol. The van der Waals surface area contributed by atoms with Crippen molar-refractivity contribution in [3.63, 3.8) is 0 Å². The van der Waals surface area contributed by atoms with Gasteiger partial charge in [0.25, 0.3) is 5.91 Å². The number of rotatable bonds is 4. The Balaban J connectivity index is 1.68. The van der Waals surface area contributed by atoms with Crippen molar-refractivity contribution >= 4 is 28.9 Å². The number of thiophene rings is 1. The number of amides is 1. The van der Waals surface area contributed by atoms with Gasteiger partial charge in [0.2, 0.25) is 0 Å². The van der Waals surface area contributed by atoms with Gasteiger partial charge in [-0.2, -0.15) is 0 Å². The number of fused-ring (bicyclic) bond motifs is 1. The third-order valence-electron chi connectivity index (χ3n) is 3.79. The number of carboxylic acids is 1. The van der Waals surface area contributed by atoms with Crippen LogP contribution in [0.25, 0.3) is 0 Å². The Morgan fingerprint density at radius 1 is 1.14 bits per heavy atom. The number of hydrogen-bond donors (Lipinski definition) is 2. The summed E-state index contributed by atoms with van der Waals surface area (Å²) < 4.78 is 0. The predicted molar refractivity (Wildman–Crippen MR) is 86.7 cm³/mol. The molecule has 1 aromatic carbocycles. The van der Waals surface area contributed by atoms with Crippen molar-refractivity contribution in [1.29, 1.82) is 0 Å². The van der Waals surface area contributed by atoms with Crippen molar-refractivity contribution < 1.29 is 14.7 Å².